The molecule has 0 spiro atoms. The van der Waals surface area contributed by atoms with Crippen molar-refractivity contribution in [1.82, 2.24) is 0 Å². The number of benzene rings is 2. The number of fused-ring (bicyclic) bond motifs is 1. The molecule has 7 nitrogen and oxygen atoms in total. The number of carbonyl (C=O) groups is 2. The predicted octanol–water partition coefficient (Wildman–Crippen LogP) is 5.00. The summed E-state index contributed by atoms with van der Waals surface area (Å²) >= 11 is 1.29. The van der Waals surface area contributed by atoms with Gasteiger partial charge in [0.25, 0.3) is 5.91 Å². The van der Waals surface area contributed by atoms with E-state index in [0.717, 1.165) is 10.4 Å². The number of nitrogens with one attached hydrogen (secondary N) is 2. The van der Waals surface area contributed by atoms with E-state index in [1.54, 1.807) is 30.3 Å². The van der Waals surface area contributed by atoms with Gasteiger partial charge in [-0.25, -0.2) is 4.79 Å². The third kappa shape index (κ3) is 4.80. The molecule has 0 radical (unpaired) electrons. The van der Waals surface area contributed by atoms with Crippen LogP contribution >= 0.6 is 11.3 Å². The average Bonchev–Trinajstić information content (AvgIpc) is 3.21. The fraction of sp³-hybridized carbons (Fsp3) is 0.160. The van der Waals surface area contributed by atoms with Crippen LogP contribution in [0.5, 0.6) is 5.75 Å². The third-order valence-corrected chi connectivity index (χ3v) is 5.99. The van der Waals surface area contributed by atoms with Crippen LogP contribution in [0.3, 0.4) is 0 Å². The average molecular weight is 463 g/mol. The number of hydrogen-bond acceptors (Lipinski definition) is 7. The minimum absolute atomic E-state index is 0.0463. The molecule has 0 fully saturated rings. The molecule has 4 aromatic rings. The maximum atomic E-state index is 13.1. The Balaban J connectivity index is 1.66. The van der Waals surface area contributed by atoms with Crippen LogP contribution in [-0.2, 0) is 11.2 Å². The molecule has 2 heterocycles. The smallest absolute Gasteiger partial charge is 0.340 e. The highest BCUT2D eigenvalue weighted by molar-refractivity contribution is 7.16. The molecule has 8 heteroatoms. The Bertz CT molecular complexity index is 1370. The standard InChI is InChI=1S/C25H22N2O5S/c1-3-31-20-11-7-10-16-13-18(22(26)32-21(16)20)23(28)27-24-19(25(29)30-2)14-17(33-24)12-15-8-5-4-6-9-15/h4-11,13-14,26H,3,12H2,1-2H3,(H,27,28). The molecule has 4 rings (SSSR count). The summed E-state index contributed by atoms with van der Waals surface area (Å²) in [6, 6.07) is 18.4. The maximum Gasteiger partial charge on any atom is 0.340 e. The van der Waals surface area contributed by atoms with Crippen LogP contribution < -0.4 is 15.6 Å². The summed E-state index contributed by atoms with van der Waals surface area (Å²) in [7, 11) is 1.29. The Labute approximate surface area is 194 Å². The van der Waals surface area contributed by atoms with Crippen molar-refractivity contribution in [2.24, 2.45) is 0 Å². The monoisotopic (exact) mass is 462 g/mol. The van der Waals surface area contributed by atoms with Gasteiger partial charge in [0, 0.05) is 16.7 Å². The SMILES string of the molecule is CCOc1cccc2cc(C(=O)Nc3sc(Cc4ccccc4)cc3C(=O)OC)c(=N)oc12. The minimum atomic E-state index is -0.550. The summed E-state index contributed by atoms with van der Waals surface area (Å²) < 4.78 is 16.1. The quantitative estimate of drug-likeness (QED) is 0.376. The maximum absolute atomic E-state index is 13.1. The highest BCUT2D eigenvalue weighted by Gasteiger charge is 2.21. The van der Waals surface area contributed by atoms with Crippen LogP contribution in [0, 0.1) is 5.41 Å². The second kappa shape index (κ2) is 9.70. The van der Waals surface area contributed by atoms with Gasteiger partial charge in [0.2, 0.25) is 5.55 Å². The lowest BCUT2D eigenvalue weighted by Crippen LogP contribution is -2.21. The molecule has 0 saturated heterocycles. The Morgan fingerprint density at radius 2 is 1.85 bits per heavy atom. The van der Waals surface area contributed by atoms with Gasteiger partial charge in [-0.15, -0.1) is 11.3 Å². The van der Waals surface area contributed by atoms with Gasteiger partial charge in [-0.3, -0.25) is 10.2 Å². The first kappa shape index (κ1) is 22.3. The van der Waals surface area contributed by atoms with Gasteiger partial charge in [-0.1, -0.05) is 42.5 Å². The van der Waals surface area contributed by atoms with Crippen LogP contribution in [0.1, 0.15) is 38.1 Å². The van der Waals surface area contributed by atoms with Crippen molar-refractivity contribution < 1.29 is 23.5 Å². The molecular weight excluding hydrogens is 440 g/mol. The van der Waals surface area contributed by atoms with E-state index in [2.05, 4.69) is 5.32 Å². The molecule has 2 aromatic carbocycles. The van der Waals surface area contributed by atoms with Gasteiger partial charge in [-0.2, -0.15) is 0 Å². The summed E-state index contributed by atoms with van der Waals surface area (Å²) in [5.41, 5.74) is 1.50. The molecule has 0 aliphatic rings. The molecule has 0 unspecified atom stereocenters. The number of esters is 1. The van der Waals surface area contributed by atoms with Crippen molar-refractivity contribution in [1.29, 1.82) is 5.41 Å². The first-order valence-electron chi connectivity index (χ1n) is 10.3. The van der Waals surface area contributed by atoms with E-state index < -0.39 is 11.9 Å². The third-order valence-electron chi connectivity index (χ3n) is 4.94. The predicted molar refractivity (Wildman–Crippen MR) is 126 cm³/mol. The summed E-state index contributed by atoms with van der Waals surface area (Å²) in [5, 5.41) is 12.0. The molecule has 168 valence electrons. The van der Waals surface area contributed by atoms with Crippen molar-refractivity contribution in [3.05, 3.63) is 87.8 Å². The first-order valence-corrected chi connectivity index (χ1v) is 11.1. The minimum Gasteiger partial charge on any atom is -0.490 e. The van der Waals surface area contributed by atoms with E-state index in [1.807, 2.05) is 37.3 Å². The van der Waals surface area contributed by atoms with Crippen molar-refractivity contribution in [3.8, 4) is 5.75 Å². The summed E-state index contributed by atoms with van der Waals surface area (Å²) in [4.78, 5) is 26.3. The lowest BCUT2D eigenvalue weighted by atomic mass is 10.1. The van der Waals surface area contributed by atoms with Gasteiger partial charge < -0.3 is 19.2 Å². The number of hydrogen-bond donors (Lipinski definition) is 2. The van der Waals surface area contributed by atoms with Crippen LogP contribution in [0.4, 0.5) is 5.00 Å². The highest BCUT2D eigenvalue weighted by atomic mass is 32.1. The molecule has 0 aliphatic heterocycles. The lowest BCUT2D eigenvalue weighted by molar-refractivity contribution is 0.0602. The number of thiophene rings is 1. The second-order valence-electron chi connectivity index (χ2n) is 7.16. The molecule has 2 aromatic heterocycles. The summed E-state index contributed by atoms with van der Waals surface area (Å²) in [5.74, 6) is -0.588. The van der Waals surface area contributed by atoms with Gasteiger partial charge in [0.15, 0.2) is 11.3 Å². The van der Waals surface area contributed by atoms with Crippen LogP contribution in [0.15, 0.2) is 65.1 Å². The summed E-state index contributed by atoms with van der Waals surface area (Å²) in [6.45, 7) is 2.30. The van der Waals surface area contributed by atoms with E-state index in [9.17, 15) is 9.59 Å². The van der Waals surface area contributed by atoms with Gasteiger partial charge in [0.05, 0.1) is 19.3 Å². The Kier molecular flexibility index (Phi) is 6.55. The Morgan fingerprint density at radius 3 is 2.58 bits per heavy atom. The van der Waals surface area contributed by atoms with E-state index in [0.29, 0.717) is 34.7 Å². The van der Waals surface area contributed by atoms with Crippen LogP contribution in [-0.4, -0.2) is 25.6 Å². The Morgan fingerprint density at radius 1 is 1.06 bits per heavy atom. The topological polar surface area (TPSA) is 102 Å². The highest BCUT2D eigenvalue weighted by Crippen LogP contribution is 2.31. The molecule has 33 heavy (non-hydrogen) atoms. The van der Waals surface area contributed by atoms with Gasteiger partial charge >= 0.3 is 5.97 Å². The summed E-state index contributed by atoms with van der Waals surface area (Å²) in [6.07, 6.45) is 0.612. The Hall–Kier alpha value is -3.91. The number of methoxy groups -OCH3 is 1. The number of ether oxygens (including phenoxy) is 2. The first-order chi connectivity index (χ1) is 16.0. The lowest BCUT2D eigenvalue weighted by Gasteiger charge is -2.09. The molecule has 0 saturated carbocycles. The molecule has 0 aliphatic carbocycles. The van der Waals surface area contributed by atoms with E-state index in [-0.39, 0.29) is 16.7 Å². The molecule has 0 bridgehead atoms. The number of rotatable bonds is 7. The van der Waals surface area contributed by atoms with Crippen molar-refractivity contribution >= 4 is 39.2 Å². The van der Waals surface area contributed by atoms with E-state index in [4.69, 9.17) is 19.3 Å². The van der Waals surface area contributed by atoms with Crippen LogP contribution in [0.25, 0.3) is 11.0 Å². The fourth-order valence-electron chi connectivity index (χ4n) is 3.42. The molecular formula is C25H22N2O5S. The zero-order valence-corrected chi connectivity index (χ0v) is 19.0. The zero-order chi connectivity index (χ0) is 23.4. The van der Waals surface area contributed by atoms with Crippen molar-refractivity contribution in [2.75, 3.05) is 19.0 Å². The van der Waals surface area contributed by atoms with E-state index in [1.165, 1.54) is 18.4 Å². The number of amides is 1. The normalized spacial score (nSPS) is 10.7. The van der Waals surface area contributed by atoms with E-state index >= 15 is 0 Å². The van der Waals surface area contributed by atoms with Crippen LogP contribution in [0.2, 0.25) is 0 Å². The van der Waals surface area contributed by atoms with Crippen molar-refractivity contribution in [3.63, 3.8) is 0 Å². The molecule has 0 atom stereocenters. The number of para-hydroxylation sites is 1. The second-order valence-corrected chi connectivity index (χ2v) is 8.30. The van der Waals surface area contributed by atoms with Gasteiger partial charge in [-0.05, 0) is 30.7 Å². The number of anilines is 1. The fourth-order valence-corrected chi connectivity index (χ4v) is 4.50. The van der Waals surface area contributed by atoms with Gasteiger partial charge in [0.1, 0.15) is 10.6 Å². The molecule has 2 N–H and O–H groups in total. The number of carbonyl (C=O) groups excluding carboxylic acids is 2. The molecule has 1 amide bonds. The van der Waals surface area contributed by atoms with Crippen molar-refractivity contribution in [2.45, 2.75) is 13.3 Å². The zero-order valence-electron chi connectivity index (χ0n) is 18.1. The largest absolute Gasteiger partial charge is 0.490 e.